The molecule has 0 spiro atoms. The summed E-state index contributed by atoms with van der Waals surface area (Å²) >= 11 is 0. The van der Waals surface area contributed by atoms with Crippen molar-refractivity contribution in [2.24, 2.45) is 7.05 Å². The Bertz CT molecular complexity index is 1020. The molecule has 4 aromatic rings. The van der Waals surface area contributed by atoms with Crippen LogP contribution in [0.4, 0.5) is 4.39 Å². The molecule has 3 aromatic heterocycles. The van der Waals surface area contributed by atoms with Crippen LogP contribution in [0.2, 0.25) is 0 Å². The van der Waals surface area contributed by atoms with Gasteiger partial charge in [0.15, 0.2) is 5.65 Å². The van der Waals surface area contributed by atoms with Crippen molar-refractivity contribution >= 4 is 11.2 Å². The van der Waals surface area contributed by atoms with Crippen molar-refractivity contribution in [2.45, 2.75) is 20.8 Å². The molecule has 7 heteroatoms. The maximum Gasteiger partial charge on any atom is 0.176 e. The van der Waals surface area contributed by atoms with E-state index < -0.39 is 0 Å². The highest BCUT2D eigenvalue weighted by Crippen LogP contribution is 2.29. The Labute approximate surface area is 137 Å². The summed E-state index contributed by atoms with van der Waals surface area (Å²) < 4.78 is 16.7. The standard InChI is InChI=1S/C17H17FN6/c1-9-14(16-19-15-10(2)21-23(4)17(15)20-16)11(3)24(22-9)13-7-5-12(18)6-8-13/h5-8H,1-4H3,(H,19,20). The highest BCUT2D eigenvalue weighted by molar-refractivity contribution is 5.79. The zero-order valence-electron chi connectivity index (χ0n) is 13.9. The first-order chi connectivity index (χ1) is 11.5. The van der Waals surface area contributed by atoms with Crippen molar-refractivity contribution < 1.29 is 4.39 Å². The SMILES string of the molecule is Cc1nn(-c2ccc(F)cc2)c(C)c1-c1nc2c([nH]1)c(C)nn2C. The smallest absolute Gasteiger partial charge is 0.176 e. The minimum absolute atomic E-state index is 0.263. The number of fused-ring (bicyclic) bond motifs is 1. The zero-order chi connectivity index (χ0) is 17.0. The fourth-order valence-electron chi connectivity index (χ4n) is 3.11. The van der Waals surface area contributed by atoms with Crippen LogP contribution >= 0.6 is 0 Å². The van der Waals surface area contributed by atoms with Gasteiger partial charge in [0.1, 0.15) is 17.2 Å². The summed E-state index contributed by atoms with van der Waals surface area (Å²) in [5, 5.41) is 8.96. The number of rotatable bonds is 2. The van der Waals surface area contributed by atoms with Crippen LogP contribution in [0.15, 0.2) is 24.3 Å². The lowest BCUT2D eigenvalue weighted by atomic mass is 10.2. The predicted octanol–water partition coefficient (Wildman–Crippen LogP) is 3.21. The molecule has 0 fully saturated rings. The molecule has 0 saturated heterocycles. The highest BCUT2D eigenvalue weighted by Gasteiger charge is 2.19. The Morgan fingerprint density at radius 3 is 2.38 bits per heavy atom. The van der Waals surface area contributed by atoms with Gasteiger partial charge in [0.2, 0.25) is 0 Å². The summed E-state index contributed by atoms with van der Waals surface area (Å²) in [5.74, 6) is 0.505. The molecule has 0 saturated carbocycles. The fraction of sp³-hybridized carbons (Fsp3) is 0.235. The molecule has 6 nitrogen and oxygen atoms in total. The van der Waals surface area contributed by atoms with Gasteiger partial charge in [-0.3, -0.25) is 0 Å². The maximum absolute atomic E-state index is 13.2. The molecule has 0 aliphatic heterocycles. The van der Waals surface area contributed by atoms with E-state index in [1.54, 1.807) is 16.8 Å². The van der Waals surface area contributed by atoms with E-state index >= 15 is 0 Å². The van der Waals surface area contributed by atoms with Crippen LogP contribution in [0.1, 0.15) is 17.1 Å². The predicted molar refractivity (Wildman–Crippen MR) is 89.6 cm³/mol. The number of nitrogens with zero attached hydrogens (tertiary/aromatic N) is 5. The molecule has 1 aromatic carbocycles. The van der Waals surface area contributed by atoms with Crippen molar-refractivity contribution in [1.29, 1.82) is 0 Å². The second-order valence-electron chi connectivity index (χ2n) is 5.93. The van der Waals surface area contributed by atoms with Crippen LogP contribution in [0.5, 0.6) is 0 Å². The molecule has 122 valence electrons. The Balaban J connectivity index is 1.88. The molecule has 0 atom stereocenters. The number of halogens is 1. The third kappa shape index (κ3) is 2.05. The fourth-order valence-corrected chi connectivity index (χ4v) is 3.11. The monoisotopic (exact) mass is 324 g/mol. The van der Waals surface area contributed by atoms with Crippen LogP contribution in [0.3, 0.4) is 0 Å². The van der Waals surface area contributed by atoms with Gasteiger partial charge in [-0.1, -0.05) is 0 Å². The number of H-pyrrole nitrogens is 1. The van der Waals surface area contributed by atoms with Crippen LogP contribution in [0.25, 0.3) is 28.2 Å². The van der Waals surface area contributed by atoms with Gasteiger partial charge in [-0.15, -0.1) is 0 Å². The van der Waals surface area contributed by atoms with Gasteiger partial charge in [-0.05, 0) is 45.0 Å². The van der Waals surface area contributed by atoms with E-state index in [1.807, 2.05) is 32.5 Å². The van der Waals surface area contributed by atoms with Gasteiger partial charge >= 0.3 is 0 Å². The number of imidazole rings is 1. The van der Waals surface area contributed by atoms with Gasteiger partial charge in [0.05, 0.1) is 28.3 Å². The Kier molecular flexibility index (Phi) is 3.06. The number of aryl methyl sites for hydroxylation is 3. The van der Waals surface area contributed by atoms with Crippen molar-refractivity contribution in [2.75, 3.05) is 0 Å². The number of hydrogen-bond acceptors (Lipinski definition) is 3. The lowest BCUT2D eigenvalue weighted by Gasteiger charge is -2.04. The van der Waals surface area contributed by atoms with Crippen molar-refractivity contribution in [3.63, 3.8) is 0 Å². The average Bonchev–Trinajstić information content (AvgIpc) is 3.16. The third-order valence-corrected chi connectivity index (χ3v) is 4.25. The Morgan fingerprint density at radius 1 is 1.00 bits per heavy atom. The number of hydrogen-bond donors (Lipinski definition) is 1. The van der Waals surface area contributed by atoms with E-state index in [0.29, 0.717) is 0 Å². The summed E-state index contributed by atoms with van der Waals surface area (Å²) in [5.41, 5.74) is 6.24. The number of benzene rings is 1. The van der Waals surface area contributed by atoms with E-state index in [9.17, 15) is 4.39 Å². The van der Waals surface area contributed by atoms with Gasteiger partial charge in [0, 0.05) is 7.05 Å². The maximum atomic E-state index is 13.2. The molecular weight excluding hydrogens is 307 g/mol. The second-order valence-corrected chi connectivity index (χ2v) is 5.93. The highest BCUT2D eigenvalue weighted by atomic mass is 19.1. The summed E-state index contributed by atoms with van der Waals surface area (Å²) in [6.45, 7) is 5.88. The molecular formula is C17H17FN6. The molecule has 1 N–H and O–H groups in total. The minimum atomic E-state index is -0.263. The van der Waals surface area contributed by atoms with Gasteiger partial charge < -0.3 is 4.98 Å². The first kappa shape index (κ1) is 14.6. The first-order valence-corrected chi connectivity index (χ1v) is 7.67. The molecule has 3 heterocycles. The Morgan fingerprint density at radius 2 is 1.71 bits per heavy atom. The normalized spacial score (nSPS) is 11.5. The molecule has 0 amide bonds. The van der Waals surface area contributed by atoms with Crippen LogP contribution in [-0.2, 0) is 7.05 Å². The molecule has 4 rings (SSSR count). The number of aromatic amines is 1. The van der Waals surface area contributed by atoms with Gasteiger partial charge in [-0.25, -0.2) is 18.7 Å². The van der Waals surface area contributed by atoms with E-state index in [4.69, 9.17) is 0 Å². The van der Waals surface area contributed by atoms with E-state index in [0.717, 1.165) is 45.3 Å². The topological polar surface area (TPSA) is 64.3 Å². The average molecular weight is 324 g/mol. The summed E-state index contributed by atoms with van der Waals surface area (Å²) in [6, 6.07) is 6.29. The van der Waals surface area contributed by atoms with Crippen molar-refractivity contribution in [3.8, 4) is 17.1 Å². The first-order valence-electron chi connectivity index (χ1n) is 7.67. The summed E-state index contributed by atoms with van der Waals surface area (Å²) in [4.78, 5) is 8.03. The number of aromatic nitrogens is 6. The summed E-state index contributed by atoms with van der Waals surface area (Å²) in [7, 11) is 1.88. The van der Waals surface area contributed by atoms with Crippen LogP contribution < -0.4 is 0 Å². The van der Waals surface area contributed by atoms with E-state index in [2.05, 4.69) is 20.2 Å². The van der Waals surface area contributed by atoms with Crippen molar-refractivity contribution in [1.82, 2.24) is 29.5 Å². The van der Waals surface area contributed by atoms with E-state index in [1.165, 1.54) is 12.1 Å². The second kappa shape index (κ2) is 5.02. The lowest BCUT2D eigenvalue weighted by Crippen LogP contribution is -1.99. The lowest BCUT2D eigenvalue weighted by molar-refractivity contribution is 0.627. The Hall–Kier alpha value is -2.96. The van der Waals surface area contributed by atoms with Gasteiger partial charge in [-0.2, -0.15) is 10.2 Å². The third-order valence-electron chi connectivity index (χ3n) is 4.25. The minimum Gasteiger partial charge on any atom is -0.335 e. The molecule has 0 aliphatic rings. The largest absolute Gasteiger partial charge is 0.335 e. The molecule has 24 heavy (non-hydrogen) atoms. The zero-order valence-corrected chi connectivity index (χ0v) is 13.9. The van der Waals surface area contributed by atoms with Gasteiger partial charge in [0.25, 0.3) is 0 Å². The van der Waals surface area contributed by atoms with Crippen LogP contribution in [0, 0.1) is 26.6 Å². The number of nitrogens with one attached hydrogen (secondary N) is 1. The quantitative estimate of drug-likeness (QED) is 0.616. The van der Waals surface area contributed by atoms with E-state index in [-0.39, 0.29) is 5.82 Å². The van der Waals surface area contributed by atoms with Crippen LogP contribution in [-0.4, -0.2) is 29.5 Å². The molecule has 0 aliphatic carbocycles. The molecule has 0 bridgehead atoms. The summed E-state index contributed by atoms with van der Waals surface area (Å²) in [6.07, 6.45) is 0. The molecule has 0 radical (unpaired) electrons. The van der Waals surface area contributed by atoms with Crippen molar-refractivity contribution in [3.05, 3.63) is 47.2 Å². The molecule has 0 unspecified atom stereocenters.